The first-order chi connectivity index (χ1) is 11.4. The molecule has 128 valence electrons. The molecular formula is C19H23ClFN2O+. The molecule has 2 aromatic rings. The summed E-state index contributed by atoms with van der Waals surface area (Å²) in [5, 5.41) is 3.38. The van der Waals surface area contributed by atoms with Gasteiger partial charge < -0.3 is 10.2 Å². The third-order valence-electron chi connectivity index (χ3n) is 4.01. The maximum absolute atomic E-state index is 13.8. The summed E-state index contributed by atoms with van der Waals surface area (Å²) in [6.45, 7) is 4.63. The van der Waals surface area contributed by atoms with Crippen molar-refractivity contribution < 1.29 is 14.1 Å². The van der Waals surface area contributed by atoms with Crippen LogP contribution in [0.1, 0.15) is 23.6 Å². The van der Waals surface area contributed by atoms with E-state index in [-0.39, 0.29) is 18.3 Å². The van der Waals surface area contributed by atoms with E-state index in [1.54, 1.807) is 12.1 Å². The second kappa shape index (κ2) is 8.27. The highest BCUT2D eigenvalue weighted by molar-refractivity contribution is 6.31. The number of carbonyl (C=O) groups is 1. The van der Waals surface area contributed by atoms with E-state index in [9.17, 15) is 9.18 Å². The number of hydrogen-bond donors (Lipinski definition) is 2. The van der Waals surface area contributed by atoms with Gasteiger partial charge in [0.2, 0.25) is 0 Å². The molecule has 0 bridgehead atoms. The summed E-state index contributed by atoms with van der Waals surface area (Å²) in [7, 11) is 1.85. The minimum atomic E-state index is -0.338. The average molecular weight is 350 g/mol. The van der Waals surface area contributed by atoms with E-state index in [4.69, 9.17) is 11.6 Å². The lowest BCUT2D eigenvalue weighted by Gasteiger charge is -2.17. The first-order valence-corrected chi connectivity index (χ1v) is 8.42. The number of amides is 1. The zero-order valence-corrected chi connectivity index (χ0v) is 15.0. The van der Waals surface area contributed by atoms with Crippen LogP contribution in [0.3, 0.4) is 0 Å². The zero-order valence-electron chi connectivity index (χ0n) is 14.2. The summed E-state index contributed by atoms with van der Waals surface area (Å²) in [4.78, 5) is 13.2. The van der Waals surface area contributed by atoms with Gasteiger partial charge in [-0.1, -0.05) is 42.8 Å². The average Bonchev–Trinajstić information content (AvgIpc) is 2.53. The van der Waals surface area contributed by atoms with Crippen LogP contribution in [0, 0.1) is 12.7 Å². The second-order valence-corrected chi connectivity index (χ2v) is 6.43. The normalized spacial score (nSPS) is 12.0. The molecule has 1 unspecified atom stereocenters. The molecule has 5 heteroatoms. The summed E-state index contributed by atoms with van der Waals surface area (Å²) < 4.78 is 13.8. The first-order valence-electron chi connectivity index (χ1n) is 8.04. The van der Waals surface area contributed by atoms with Gasteiger partial charge in [-0.3, -0.25) is 4.79 Å². The van der Waals surface area contributed by atoms with Crippen LogP contribution < -0.4 is 10.2 Å². The smallest absolute Gasteiger partial charge is 0.279 e. The highest BCUT2D eigenvalue weighted by Gasteiger charge is 2.16. The number of quaternary nitrogens is 1. The van der Waals surface area contributed by atoms with Gasteiger partial charge in [0.1, 0.15) is 12.4 Å². The maximum atomic E-state index is 13.8. The second-order valence-electron chi connectivity index (χ2n) is 6.02. The van der Waals surface area contributed by atoms with Crippen molar-refractivity contribution in [2.24, 2.45) is 0 Å². The Balaban J connectivity index is 2.02. The lowest BCUT2D eigenvalue weighted by molar-refractivity contribution is -0.885. The standard InChI is InChI=1S/C19H22ClFN2O/c1-4-14-8-5-7-13(2)19(14)22-18(24)12-23(3)11-15-16(20)9-6-10-17(15)21/h5-10H,4,11-12H2,1-3H3,(H,22,24)/p+1. The van der Waals surface area contributed by atoms with Crippen molar-refractivity contribution in [3.05, 3.63) is 63.9 Å². The van der Waals surface area contributed by atoms with Crippen molar-refractivity contribution in [3.63, 3.8) is 0 Å². The van der Waals surface area contributed by atoms with Crippen LogP contribution in [-0.4, -0.2) is 19.5 Å². The Morgan fingerprint density at radius 3 is 2.62 bits per heavy atom. The minimum Gasteiger partial charge on any atom is -0.326 e. The van der Waals surface area contributed by atoms with Gasteiger partial charge in [0.15, 0.2) is 6.54 Å². The summed E-state index contributed by atoms with van der Waals surface area (Å²) in [6, 6.07) is 10.6. The monoisotopic (exact) mass is 349 g/mol. The topological polar surface area (TPSA) is 33.5 Å². The van der Waals surface area contributed by atoms with Gasteiger partial charge >= 0.3 is 0 Å². The van der Waals surface area contributed by atoms with Crippen LogP contribution in [0.5, 0.6) is 0 Å². The Bertz CT molecular complexity index is 713. The van der Waals surface area contributed by atoms with Gasteiger partial charge in [-0.25, -0.2) is 4.39 Å². The van der Waals surface area contributed by atoms with Gasteiger partial charge in [-0.05, 0) is 36.6 Å². The quantitative estimate of drug-likeness (QED) is 0.826. The molecule has 0 saturated heterocycles. The third kappa shape index (κ3) is 4.56. The van der Waals surface area contributed by atoms with Crippen molar-refractivity contribution in [1.29, 1.82) is 0 Å². The Morgan fingerprint density at radius 1 is 1.25 bits per heavy atom. The molecule has 0 aliphatic carbocycles. The number of anilines is 1. The van der Waals surface area contributed by atoms with E-state index >= 15 is 0 Å². The molecule has 24 heavy (non-hydrogen) atoms. The lowest BCUT2D eigenvalue weighted by Crippen LogP contribution is -3.08. The number of likely N-dealkylation sites (N-methyl/N-ethyl adjacent to an activating group) is 1. The van der Waals surface area contributed by atoms with Crippen molar-refractivity contribution in [2.45, 2.75) is 26.8 Å². The predicted molar refractivity (Wildman–Crippen MR) is 96.1 cm³/mol. The fourth-order valence-corrected chi connectivity index (χ4v) is 2.96. The number of hydrogen-bond acceptors (Lipinski definition) is 1. The van der Waals surface area contributed by atoms with Crippen LogP contribution in [0.4, 0.5) is 10.1 Å². The van der Waals surface area contributed by atoms with Gasteiger partial charge in [0.25, 0.3) is 5.91 Å². The molecule has 0 fully saturated rings. The fraction of sp³-hybridized carbons (Fsp3) is 0.316. The van der Waals surface area contributed by atoms with E-state index in [0.717, 1.165) is 28.1 Å². The summed E-state index contributed by atoms with van der Waals surface area (Å²) in [5.41, 5.74) is 3.46. The number of halogens is 2. The molecule has 2 N–H and O–H groups in total. The van der Waals surface area contributed by atoms with E-state index in [1.807, 2.05) is 32.2 Å². The van der Waals surface area contributed by atoms with Crippen LogP contribution in [0.15, 0.2) is 36.4 Å². The molecule has 0 radical (unpaired) electrons. The van der Waals surface area contributed by atoms with Crippen molar-refractivity contribution in [3.8, 4) is 0 Å². The Labute approximate surface area is 147 Å². The molecule has 1 atom stereocenters. The molecule has 1 amide bonds. The fourth-order valence-electron chi connectivity index (χ4n) is 2.73. The molecule has 2 rings (SSSR count). The van der Waals surface area contributed by atoms with Gasteiger partial charge in [-0.15, -0.1) is 0 Å². The molecule has 0 aromatic heterocycles. The number of carbonyl (C=O) groups excluding carboxylic acids is 1. The Hall–Kier alpha value is -1.91. The number of aryl methyl sites for hydroxylation is 2. The van der Waals surface area contributed by atoms with Crippen LogP contribution in [-0.2, 0) is 17.8 Å². The number of para-hydroxylation sites is 1. The first kappa shape index (κ1) is 18.4. The SMILES string of the molecule is CCc1cccc(C)c1NC(=O)C[NH+](C)Cc1c(F)cccc1Cl. The molecule has 0 spiro atoms. The molecular weight excluding hydrogens is 327 g/mol. The number of rotatable bonds is 6. The Kier molecular flexibility index (Phi) is 6.35. The molecule has 0 aliphatic rings. The molecule has 0 heterocycles. The van der Waals surface area contributed by atoms with Crippen LogP contribution in [0.2, 0.25) is 5.02 Å². The molecule has 0 aliphatic heterocycles. The van der Waals surface area contributed by atoms with Crippen molar-refractivity contribution in [1.82, 2.24) is 0 Å². The molecule has 3 nitrogen and oxygen atoms in total. The lowest BCUT2D eigenvalue weighted by atomic mass is 10.1. The van der Waals surface area contributed by atoms with E-state index in [0.29, 0.717) is 17.1 Å². The van der Waals surface area contributed by atoms with Crippen LogP contribution >= 0.6 is 11.6 Å². The predicted octanol–water partition coefficient (Wildman–Crippen LogP) is 3.00. The summed E-state index contributed by atoms with van der Waals surface area (Å²) >= 11 is 6.05. The minimum absolute atomic E-state index is 0.0936. The van der Waals surface area contributed by atoms with Gasteiger partial charge in [0, 0.05) is 5.69 Å². The molecule has 2 aromatic carbocycles. The maximum Gasteiger partial charge on any atom is 0.279 e. The zero-order chi connectivity index (χ0) is 17.7. The summed E-state index contributed by atoms with van der Waals surface area (Å²) in [5.74, 6) is -0.432. The third-order valence-corrected chi connectivity index (χ3v) is 4.36. The number of nitrogens with one attached hydrogen (secondary N) is 2. The summed E-state index contributed by atoms with van der Waals surface area (Å²) in [6.07, 6.45) is 0.852. The van der Waals surface area contributed by atoms with E-state index in [1.165, 1.54) is 6.07 Å². The van der Waals surface area contributed by atoms with Gasteiger partial charge in [-0.2, -0.15) is 0 Å². The van der Waals surface area contributed by atoms with Gasteiger partial charge in [0.05, 0.1) is 17.6 Å². The highest BCUT2D eigenvalue weighted by atomic mass is 35.5. The van der Waals surface area contributed by atoms with E-state index < -0.39 is 0 Å². The van der Waals surface area contributed by atoms with Crippen molar-refractivity contribution >= 4 is 23.2 Å². The Morgan fingerprint density at radius 2 is 1.96 bits per heavy atom. The molecule has 0 saturated carbocycles. The number of benzene rings is 2. The largest absolute Gasteiger partial charge is 0.326 e. The highest BCUT2D eigenvalue weighted by Crippen LogP contribution is 2.21. The van der Waals surface area contributed by atoms with Crippen LogP contribution in [0.25, 0.3) is 0 Å². The van der Waals surface area contributed by atoms with E-state index in [2.05, 4.69) is 12.2 Å². The van der Waals surface area contributed by atoms with Crippen molar-refractivity contribution in [2.75, 3.05) is 18.9 Å².